The lowest BCUT2D eigenvalue weighted by Gasteiger charge is -2.05. The van der Waals surface area contributed by atoms with Crippen molar-refractivity contribution in [2.45, 2.75) is 13.3 Å². The number of hydrogen-bond donors (Lipinski definition) is 1. The molecule has 2 heterocycles. The lowest BCUT2D eigenvalue weighted by atomic mass is 10.2. The van der Waals surface area contributed by atoms with E-state index in [-0.39, 0.29) is 24.8 Å². The molecule has 26 heavy (non-hydrogen) atoms. The molecule has 2 aromatic heterocycles. The largest absolute Gasteiger partial charge is 0.462 e. The summed E-state index contributed by atoms with van der Waals surface area (Å²) in [6, 6.07) is 7.66. The first kappa shape index (κ1) is 18.2. The van der Waals surface area contributed by atoms with E-state index in [0.29, 0.717) is 16.3 Å². The molecule has 0 atom stereocenters. The van der Waals surface area contributed by atoms with Crippen LogP contribution in [0.2, 0.25) is 0 Å². The highest BCUT2D eigenvalue weighted by Gasteiger charge is 2.17. The molecular formula is C18H15FN2O3S2. The molecule has 0 fully saturated rings. The Morgan fingerprint density at radius 2 is 1.96 bits per heavy atom. The molecule has 8 heteroatoms. The van der Waals surface area contributed by atoms with Gasteiger partial charge in [-0.05, 0) is 42.6 Å². The summed E-state index contributed by atoms with van der Waals surface area (Å²) in [6.45, 7) is 2.00. The first-order valence-corrected chi connectivity index (χ1v) is 9.57. The molecule has 0 radical (unpaired) electrons. The normalized spacial score (nSPS) is 10.5. The standard InChI is InChI=1S/C18H15FN2O3S2/c1-2-24-18(23)14-7-8-25-17(14)21-15(22)9-13-10-26-16(20-13)11-3-5-12(19)6-4-11/h3-8,10H,2,9H2,1H3,(H,21,22). The first-order valence-electron chi connectivity index (χ1n) is 7.81. The Balaban J connectivity index is 1.65. The third-order valence-corrected chi connectivity index (χ3v) is 5.17. The van der Waals surface area contributed by atoms with Crippen LogP contribution in [-0.2, 0) is 16.0 Å². The Morgan fingerprint density at radius 3 is 2.69 bits per heavy atom. The second kappa shape index (κ2) is 8.20. The van der Waals surface area contributed by atoms with E-state index in [9.17, 15) is 14.0 Å². The highest BCUT2D eigenvalue weighted by molar-refractivity contribution is 7.14. The second-order valence-corrected chi connectivity index (χ2v) is 7.03. The fraction of sp³-hybridized carbons (Fsp3) is 0.167. The van der Waals surface area contributed by atoms with Crippen molar-refractivity contribution in [3.8, 4) is 10.6 Å². The number of halogens is 1. The van der Waals surface area contributed by atoms with Crippen LogP contribution < -0.4 is 5.32 Å². The van der Waals surface area contributed by atoms with Crippen molar-refractivity contribution in [1.29, 1.82) is 0 Å². The van der Waals surface area contributed by atoms with Gasteiger partial charge in [0.15, 0.2) is 0 Å². The minimum atomic E-state index is -0.462. The quantitative estimate of drug-likeness (QED) is 0.635. The third kappa shape index (κ3) is 4.33. The van der Waals surface area contributed by atoms with Crippen molar-refractivity contribution < 1.29 is 18.7 Å². The van der Waals surface area contributed by atoms with Crippen molar-refractivity contribution >= 4 is 39.6 Å². The summed E-state index contributed by atoms with van der Waals surface area (Å²) in [5.74, 6) is -1.04. The SMILES string of the molecule is CCOC(=O)c1ccsc1NC(=O)Cc1csc(-c2ccc(F)cc2)n1. The maximum absolute atomic E-state index is 13.0. The van der Waals surface area contributed by atoms with Crippen LogP contribution >= 0.6 is 22.7 Å². The van der Waals surface area contributed by atoms with Gasteiger partial charge in [0.25, 0.3) is 0 Å². The number of nitrogens with one attached hydrogen (secondary N) is 1. The number of amides is 1. The van der Waals surface area contributed by atoms with Gasteiger partial charge in [0.05, 0.1) is 24.3 Å². The number of rotatable bonds is 6. The van der Waals surface area contributed by atoms with Gasteiger partial charge in [0.2, 0.25) is 5.91 Å². The highest BCUT2D eigenvalue weighted by Crippen LogP contribution is 2.26. The number of benzene rings is 1. The van der Waals surface area contributed by atoms with Crippen molar-refractivity contribution in [1.82, 2.24) is 4.98 Å². The zero-order valence-electron chi connectivity index (χ0n) is 13.8. The van der Waals surface area contributed by atoms with E-state index in [0.717, 1.165) is 10.6 Å². The van der Waals surface area contributed by atoms with Crippen LogP contribution in [0.3, 0.4) is 0 Å². The van der Waals surface area contributed by atoms with Crippen LogP contribution in [0, 0.1) is 5.82 Å². The van der Waals surface area contributed by atoms with E-state index < -0.39 is 5.97 Å². The molecule has 134 valence electrons. The molecule has 0 bridgehead atoms. The number of carbonyl (C=O) groups excluding carboxylic acids is 2. The van der Waals surface area contributed by atoms with Crippen molar-refractivity contribution in [3.63, 3.8) is 0 Å². The molecular weight excluding hydrogens is 375 g/mol. The molecule has 1 N–H and O–H groups in total. The van der Waals surface area contributed by atoms with Crippen LogP contribution in [0.5, 0.6) is 0 Å². The number of nitrogens with zero attached hydrogens (tertiary/aromatic N) is 1. The van der Waals surface area contributed by atoms with Gasteiger partial charge in [0.1, 0.15) is 15.8 Å². The van der Waals surface area contributed by atoms with Gasteiger partial charge < -0.3 is 10.1 Å². The molecule has 0 aliphatic rings. The molecule has 0 unspecified atom stereocenters. The molecule has 0 saturated carbocycles. The number of ether oxygens (including phenoxy) is 1. The van der Waals surface area contributed by atoms with Gasteiger partial charge >= 0.3 is 5.97 Å². The Morgan fingerprint density at radius 1 is 1.19 bits per heavy atom. The number of aromatic nitrogens is 1. The second-order valence-electron chi connectivity index (χ2n) is 5.26. The summed E-state index contributed by atoms with van der Waals surface area (Å²) >= 11 is 2.65. The van der Waals surface area contributed by atoms with Gasteiger partial charge in [-0.15, -0.1) is 22.7 Å². The fourth-order valence-corrected chi connectivity index (χ4v) is 3.84. The predicted octanol–water partition coefficient (Wildman–Crippen LogP) is 4.37. The number of thiophene rings is 1. The lowest BCUT2D eigenvalue weighted by Crippen LogP contribution is -2.16. The molecule has 0 spiro atoms. The summed E-state index contributed by atoms with van der Waals surface area (Å²) in [6.07, 6.45) is 0.0812. The number of carbonyl (C=O) groups is 2. The van der Waals surface area contributed by atoms with Gasteiger partial charge in [-0.3, -0.25) is 4.79 Å². The van der Waals surface area contributed by atoms with E-state index >= 15 is 0 Å². The summed E-state index contributed by atoms with van der Waals surface area (Å²) in [5.41, 5.74) is 1.75. The molecule has 1 amide bonds. The zero-order chi connectivity index (χ0) is 18.5. The summed E-state index contributed by atoms with van der Waals surface area (Å²) in [5, 5.41) is 7.42. The van der Waals surface area contributed by atoms with Crippen LogP contribution in [0.15, 0.2) is 41.1 Å². The molecule has 5 nitrogen and oxygen atoms in total. The van der Waals surface area contributed by atoms with E-state index in [1.165, 1.54) is 34.8 Å². The van der Waals surface area contributed by atoms with Crippen LogP contribution in [0.4, 0.5) is 9.39 Å². The van der Waals surface area contributed by atoms with E-state index in [2.05, 4.69) is 10.3 Å². The number of thiazole rings is 1. The zero-order valence-corrected chi connectivity index (χ0v) is 15.5. The van der Waals surface area contributed by atoms with Crippen molar-refractivity contribution in [3.05, 3.63) is 58.2 Å². The average molecular weight is 390 g/mol. The molecule has 3 rings (SSSR count). The van der Waals surface area contributed by atoms with E-state index in [1.807, 2.05) is 0 Å². The minimum absolute atomic E-state index is 0.0812. The summed E-state index contributed by atoms with van der Waals surface area (Å²) in [7, 11) is 0. The fourth-order valence-electron chi connectivity index (χ4n) is 2.22. The lowest BCUT2D eigenvalue weighted by molar-refractivity contribution is -0.115. The number of esters is 1. The third-order valence-electron chi connectivity index (χ3n) is 3.40. The van der Waals surface area contributed by atoms with Crippen molar-refractivity contribution in [2.75, 3.05) is 11.9 Å². The van der Waals surface area contributed by atoms with Crippen LogP contribution in [0.1, 0.15) is 23.0 Å². The van der Waals surface area contributed by atoms with Crippen LogP contribution in [0.25, 0.3) is 10.6 Å². The molecule has 0 aliphatic carbocycles. The molecule has 0 saturated heterocycles. The number of anilines is 1. The monoisotopic (exact) mass is 390 g/mol. The maximum Gasteiger partial charge on any atom is 0.341 e. The Labute approximate surface area is 157 Å². The first-order chi connectivity index (χ1) is 12.6. The molecule has 0 aliphatic heterocycles. The minimum Gasteiger partial charge on any atom is -0.462 e. The summed E-state index contributed by atoms with van der Waals surface area (Å²) in [4.78, 5) is 28.5. The number of hydrogen-bond acceptors (Lipinski definition) is 6. The molecule has 3 aromatic rings. The summed E-state index contributed by atoms with van der Waals surface area (Å²) < 4.78 is 18.0. The Hall–Kier alpha value is -2.58. The van der Waals surface area contributed by atoms with Gasteiger partial charge in [-0.2, -0.15) is 0 Å². The molecule has 1 aromatic carbocycles. The van der Waals surface area contributed by atoms with Crippen molar-refractivity contribution in [2.24, 2.45) is 0 Å². The predicted molar refractivity (Wildman–Crippen MR) is 100 cm³/mol. The van der Waals surface area contributed by atoms with Crippen LogP contribution in [-0.4, -0.2) is 23.5 Å². The van der Waals surface area contributed by atoms with Gasteiger partial charge in [-0.25, -0.2) is 14.2 Å². The highest BCUT2D eigenvalue weighted by atomic mass is 32.1. The maximum atomic E-state index is 13.0. The Kier molecular flexibility index (Phi) is 5.75. The average Bonchev–Trinajstić information content (AvgIpc) is 3.25. The van der Waals surface area contributed by atoms with E-state index in [1.54, 1.807) is 35.9 Å². The topological polar surface area (TPSA) is 68.3 Å². The van der Waals surface area contributed by atoms with Gasteiger partial charge in [0, 0.05) is 10.9 Å². The van der Waals surface area contributed by atoms with Gasteiger partial charge in [-0.1, -0.05) is 0 Å². The Bertz CT molecular complexity index is 919. The smallest absolute Gasteiger partial charge is 0.341 e. The van der Waals surface area contributed by atoms with E-state index in [4.69, 9.17) is 4.74 Å².